The van der Waals surface area contributed by atoms with Crippen molar-refractivity contribution in [2.45, 2.75) is 107 Å². The number of hydrogen-bond donors (Lipinski definition) is 0. The van der Waals surface area contributed by atoms with Crippen LogP contribution in [0.15, 0.2) is 72.8 Å². The summed E-state index contributed by atoms with van der Waals surface area (Å²) < 4.78 is 7.94. The van der Waals surface area contributed by atoms with Gasteiger partial charge in [0.2, 0.25) is 18.1 Å². The van der Waals surface area contributed by atoms with E-state index in [1.807, 2.05) is 0 Å². The molecular weight excluding hydrogens is 553 g/mol. The number of benzene rings is 4. The molecule has 0 N–H and O–H groups in total. The lowest BCUT2D eigenvalue weighted by molar-refractivity contribution is 0.631. The minimum Gasteiger partial charge on any atom is -0.446 e. The van der Waals surface area contributed by atoms with Gasteiger partial charge in [0.05, 0.1) is 0 Å². The summed E-state index contributed by atoms with van der Waals surface area (Å²) in [5.74, 6) is 0. The minimum absolute atomic E-state index is 1.04. The molecular formula is C40H54OSi2. The third-order valence-corrected chi connectivity index (χ3v) is 16.1. The van der Waals surface area contributed by atoms with Crippen molar-refractivity contribution in [2.24, 2.45) is 0 Å². The first-order chi connectivity index (χ1) is 20.9. The van der Waals surface area contributed by atoms with E-state index in [4.69, 9.17) is 4.12 Å². The summed E-state index contributed by atoms with van der Waals surface area (Å²) in [6.07, 6.45) is 8.40. The summed E-state index contributed by atoms with van der Waals surface area (Å²) >= 11 is 0. The third-order valence-electron chi connectivity index (χ3n) is 9.39. The van der Waals surface area contributed by atoms with Gasteiger partial charge in [-0.3, -0.25) is 0 Å². The summed E-state index contributed by atoms with van der Waals surface area (Å²) in [5.41, 5.74) is 11.6. The zero-order chi connectivity index (χ0) is 30.9. The second kappa shape index (κ2) is 15.8. The maximum atomic E-state index is 7.94. The smallest absolute Gasteiger partial charge is 0.229 e. The largest absolute Gasteiger partial charge is 0.446 e. The number of aryl methyl sites for hydroxylation is 8. The van der Waals surface area contributed by atoms with Crippen LogP contribution in [0.1, 0.15) is 99.9 Å². The molecule has 0 amide bonds. The number of hydrogen-bond acceptors (Lipinski definition) is 1. The Bertz CT molecular complexity index is 1280. The van der Waals surface area contributed by atoms with Crippen LogP contribution in [0.4, 0.5) is 0 Å². The van der Waals surface area contributed by atoms with Crippen LogP contribution in [0.2, 0.25) is 0 Å². The van der Waals surface area contributed by atoms with Crippen LogP contribution in [0, 0.1) is 0 Å². The summed E-state index contributed by atoms with van der Waals surface area (Å²) in [7, 11) is -4.13. The lowest BCUT2D eigenvalue weighted by Gasteiger charge is -2.30. The van der Waals surface area contributed by atoms with Crippen molar-refractivity contribution in [3.8, 4) is 0 Å². The highest BCUT2D eigenvalue weighted by molar-refractivity contribution is 6.92. The summed E-state index contributed by atoms with van der Waals surface area (Å²) in [4.78, 5) is 0. The molecule has 0 fully saturated rings. The van der Waals surface area contributed by atoms with Crippen molar-refractivity contribution >= 4 is 38.8 Å². The van der Waals surface area contributed by atoms with Crippen molar-refractivity contribution in [3.63, 3.8) is 0 Å². The van der Waals surface area contributed by atoms with E-state index in [1.165, 1.54) is 65.3 Å². The molecule has 0 aliphatic carbocycles. The standard InChI is InChI=1S/C40H54OSi2/c1-9-29-17-21-37(33(13-5)25-29)42(38-22-18-30(10-2)26-34(38)14-6)41-43(39-23-19-31(11-3)27-35(39)15-7)40-24-20-32(12-4)28-36(40)16-8/h17-28,42-43H,9-16H2,1-8H3. The quantitative estimate of drug-likeness (QED) is 0.147. The lowest BCUT2D eigenvalue weighted by Crippen LogP contribution is -2.58. The fourth-order valence-electron chi connectivity index (χ4n) is 6.53. The van der Waals surface area contributed by atoms with Crippen molar-refractivity contribution in [2.75, 3.05) is 0 Å². The zero-order valence-electron chi connectivity index (χ0n) is 28.1. The fourth-order valence-corrected chi connectivity index (χ4v) is 14.2. The van der Waals surface area contributed by atoms with Crippen molar-refractivity contribution in [3.05, 3.63) is 117 Å². The molecule has 0 heterocycles. The first-order valence-electron chi connectivity index (χ1n) is 17.1. The van der Waals surface area contributed by atoms with Gasteiger partial charge < -0.3 is 4.12 Å². The molecule has 4 aromatic carbocycles. The Hall–Kier alpha value is -2.73. The van der Waals surface area contributed by atoms with Crippen molar-refractivity contribution in [1.29, 1.82) is 0 Å². The maximum absolute atomic E-state index is 7.94. The van der Waals surface area contributed by atoms with Crippen LogP contribution in [0.3, 0.4) is 0 Å². The molecule has 0 radical (unpaired) electrons. The Morgan fingerprint density at radius 1 is 0.349 bits per heavy atom. The van der Waals surface area contributed by atoms with Crippen molar-refractivity contribution < 1.29 is 4.12 Å². The second-order valence-electron chi connectivity index (χ2n) is 11.9. The topological polar surface area (TPSA) is 9.23 Å². The van der Waals surface area contributed by atoms with Gasteiger partial charge in [-0.1, -0.05) is 128 Å². The van der Waals surface area contributed by atoms with Crippen LogP contribution in [-0.4, -0.2) is 18.1 Å². The molecule has 0 saturated carbocycles. The maximum Gasteiger partial charge on any atom is 0.229 e. The van der Waals surface area contributed by atoms with E-state index < -0.39 is 18.1 Å². The molecule has 228 valence electrons. The Labute approximate surface area is 266 Å². The Balaban J connectivity index is 2.01. The predicted molar refractivity (Wildman–Crippen MR) is 195 cm³/mol. The first-order valence-corrected chi connectivity index (χ1v) is 20.3. The average molecular weight is 607 g/mol. The molecule has 3 heteroatoms. The predicted octanol–water partition coefficient (Wildman–Crippen LogP) is 6.58. The minimum atomic E-state index is -2.07. The first kappa shape index (κ1) is 33.2. The average Bonchev–Trinajstić information content (AvgIpc) is 3.07. The van der Waals surface area contributed by atoms with E-state index in [0.717, 1.165) is 51.4 Å². The molecule has 0 aliphatic rings. The molecule has 0 aromatic heterocycles. The number of rotatable bonds is 14. The molecule has 43 heavy (non-hydrogen) atoms. The molecule has 0 aliphatic heterocycles. The van der Waals surface area contributed by atoms with Gasteiger partial charge in [-0.25, -0.2) is 0 Å². The molecule has 0 unspecified atom stereocenters. The summed E-state index contributed by atoms with van der Waals surface area (Å²) in [6.45, 7) is 18.3. The van der Waals surface area contributed by atoms with Crippen LogP contribution in [0.5, 0.6) is 0 Å². The molecule has 1 nitrogen and oxygen atoms in total. The Kier molecular flexibility index (Phi) is 12.2. The van der Waals surface area contributed by atoms with E-state index >= 15 is 0 Å². The lowest BCUT2D eigenvalue weighted by atomic mass is 10.1. The highest BCUT2D eigenvalue weighted by atomic mass is 28.4. The summed E-state index contributed by atoms with van der Waals surface area (Å²) in [6, 6.07) is 29.1. The fraction of sp³-hybridized carbons (Fsp3) is 0.400. The van der Waals surface area contributed by atoms with E-state index in [2.05, 4.69) is 128 Å². The third kappa shape index (κ3) is 7.50. The molecule has 0 atom stereocenters. The molecule has 4 aromatic rings. The SMILES string of the molecule is CCc1ccc([SiH](O[SiH](c2ccc(CC)cc2CC)c2ccc(CC)cc2CC)c2ccc(CC)cc2CC)c(CC)c1. The molecule has 0 saturated heterocycles. The van der Waals surface area contributed by atoms with E-state index in [9.17, 15) is 0 Å². The van der Waals surface area contributed by atoms with E-state index in [-0.39, 0.29) is 0 Å². The highest BCUT2D eigenvalue weighted by Gasteiger charge is 2.31. The Morgan fingerprint density at radius 2 is 0.581 bits per heavy atom. The van der Waals surface area contributed by atoms with Gasteiger partial charge in [0, 0.05) is 0 Å². The zero-order valence-corrected chi connectivity index (χ0v) is 30.5. The highest BCUT2D eigenvalue weighted by Crippen LogP contribution is 2.16. The Morgan fingerprint density at radius 3 is 0.767 bits per heavy atom. The monoisotopic (exact) mass is 606 g/mol. The van der Waals surface area contributed by atoms with Gasteiger partial charge in [0.1, 0.15) is 0 Å². The van der Waals surface area contributed by atoms with Gasteiger partial charge in [0.25, 0.3) is 0 Å². The van der Waals surface area contributed by atoms with Gasteiger partial charge >= 0.3 is 0 Å². The van der Waals surface area contributed by atoms with Gasteiger partial charge in [-0.15, -0.1) is 0 Å². The molecule has 0 bridgehead atoms. The van der Waals surface area contributed by atoms with Gasteiger partial charge in [-0.2, -0.15) is 0 Å². The van der Waals surface area contributed by atoms with Crippen molar-refractivity contribution in [1.82, 2.24) is 0 Å². The van der Waals surface area contributed by atoms with E-state index in [1.54, 1.807) is 0 Å². The van der Waals surface area contributed by atoms with Gasteiger partial charge in [0.15, 0.2) is 0 Å². The summed E-state index contributed by atoms with van der Waals surface area (Å²) in [5, 5.41) is 5.90. The van der Waals surface area contributed by atoms with Gasteiger partial charge in [-0.05, 0) is 117 Å². The van der Waals surface area contributed by atoms with Crippen LogP contribution >= 0.6 is 0 Å². The molecule has 0 spiro atoms. The normalized spacial score (nSPS) is 11.6. The van der Waals surface area contributed by atoms with E-state index in [0.29, 0.717) is 0 Å². The van der Waals surface area contributed by atoms with Crippen LogP contribution in [-0.2, 0) is 55.5 Å². The second-order valence-corrected chi connectivity index (χ2v) is 17.0. The van der Waals surface area contributed by atoms with Crippen LogP contribution in [0.25, 0.3) is 0 Å². The molecule has 4 rings (SSSR count). The van der Waals surface area contributed by atoms with Crippen LogP contribution < -0.4 is 20.7 Å².